The third-order valence-corrected chi connectivity index (χ3v) is 5.37. The van der Waals surface area contributed by atoms with Gasteiger partial charge >= 0.3 is 6.03 Å². The number of benzene rings is 2. The second kappa shape index (κ2) is 10.2. The Kier molecular flexibility index (Phi) is 6.96. The average molecular weight is 440 g/mol. The number of urea groups is 1. The predicted octanol–water partition coefficient (Wildman–Crippen LogP) is 4.35. The van der Waals surface area contributed by atoms with Gasteiger partial charge in [0.1, 0.15) is 6.61 Å². The molecule has 2 heterocycles. The van der Waals surface area contributed by atoms with Crippen molar-refractivity contribution in [3.8, 4) is 5.75 Å². The average Bonchev–Trinajstić information content (AvgIpc) is 3.29. The van der Waals surface area contributed by atoms with Gasteiger partial charge in [-0.15, -0.1) is 0 Å². The van der Waals surface area contributed by atoms with E-state index >= 15 is 0 Å². The Balaban J connectivity index is 1.24. The molecule has 0 bridgehead atoms. The first-order valence-electron chi connectivity index (χ1n) is 10.5. The number of rotatable bonds is 7. The van der Waals surface area contributed by atoms with Crippen LogP contribution >= 0.6 is 0 Å². The van der Waals surface area contributed by atoms with Gasteiger partial charge in [0.05, 0.1) is 13.7 Å². The molecule has 2 aromatic carbocycles. The van der Waals surface area contributed by atoms with Gasteiger partial charge in [0.2, 0.25) is 0 Å². The van der Waals surface area contributed by atoms with Gasteiger partial charge in [-0.05, 0) is 30.5 Å². The van der Waals surface area contributed by atoms with Crippen molar-refractivity contribution < 1.29 is 23.2 Å². The van der Waals surface area contributed by atoms with Gasteiger partial charge in [-0.2, -0.15) is 4.98 Å². The standard InChI is InChI=1S/C23H25FN4O4/c1-30-20-8-7-18(13-19(20)24)25-23(29)28-11-9-17(10-12-28)22-26-21(32-27-22)15-31-14-16-5-3-2-4-6-16/h2-8,13,17H,9-12,14-15H2,1H3,(H,25,29). The minimum Gasteiger partial charge on any atom is -0.494 e. The Bertz CT molecular complexity index is 1040. The number of carbonyl (C=O) groups is 1. The second-order valence-electron chi connectivity index (χ2n) is 7.57. The maximum Gasteiger partial charge on any atom is 0.321 e. The van der Waals surface area contributed by atoms with Gasteiger partial charge in [-0.25, -0.2) is 9.18 Å². The third-order valence-electron chi connectivity index (χ3n) is 5.37. The monoisotopic (exact) mass is 440 g/mol. The molecule has 0 unspecified atom stereocenters. The second-order valence-corrected chi connectivity index (χ2v) is 7.57. The number of likely N-dealkylation sites (tertiary alicyclic amines) is 1. The summed E-state index contributed by atoms with van der Waals surface area (Å²) >= 11 is 0. The molecule has 0 aliphatic carbocycles. The number of halogens is 1. The number of hydrogen-bond donors (Lipinski definition) is 1. The lowest BCUT2D eigenvalue weighted by Gasteiger charge is -2.30. The van der Waals surface area contributed by atoms with Crippen LogP contribution in [-0.4, -0.2) is 41.3 Å². The molecule has 0 radical (unpaired) electrons. The third kappa shape index (κ3) is 5.42. The molecule has 9 heteroatoms. The molecule has 3 aromatic rings. The SMILES string of the molecule is COc1ccc(NC(=O)N2CCC(c3noc(COCc4ccccc4)n3)CC2)cc1F. The zero-order valence-corrected chi connectivity index (χ0v) is 17.8. The van der Waals surface area contributed by atoms with Crippen molar-refractivity contribution in [1.82, 2.24) is 15.0 Å². The van der Waals surface area contributed by atoms with E-state index in [0.29, 0.717) is 49.9 Å². The summed E-state index contributed by atoms with van der Waals surface area (Å²) in [6.07, 6.45) is 1.43. The maximum atomic E-state index is 13.8. The number of aromatic nitrogens is 2. The number of carbonyl (C=O) groups excluding carboxylic acids is 1. The molecule has 8 nitrogen and oxygen atoms in total. The van der Waals surface area contributed by atoms with Crippen molar-refractivity contribution in [2.75, 3.05) is 25.5 Å². The van der Waals surface area contributed by atoms with E-state index in [1.54, 1.807) is 11.0 Å². The fourth-order valence-electron chi connectivity index (χ4n) is 3.61. The fraction of sp³-hybridized carbons (Fsp3) is 0.348. The molecule has 0 saturated carbocycles. The number of amides is 2. The minimum atomic E-state index is -0.523. The van der Waals surface area contributed by atoms with Crippen molar-refractivity contribution in [3.05, 3.63) is 71.6 Å². The van der Waals surface area contributed by atoms with E-state index in [1.165, 1.54) is 19.2 Å². The van der Waals surface area contributed by atoms with E-state index in [4.69, 9.17) is 14.0 Å². The molecule has 1 fully saturated rings. The number of anilines is 1. The van der Waals surface area contributed by atoms with Crippen LogP contribution in [0.1, 0.15) is 36.0 Å². The van der Waals surface area contributed by atoms with Gasteiger partial charge in [-0.3, -0.25) is 0 Å². The summed E-state index contributed by atoms with van der Waals surface area (Å²) in [7, 11) is 1.39. The van der Waals surface area contributed by atoms with Crippen LogP contribution in [0.15, 0.2) is 53.1 Å². The van der Waals surface area contributed by atoms with Crippen molar-refractivity contribution in [3.63, 3.8) is 0 Å². The highest BCUT2D eigenvalue weighted by atomic mass is 19.1. The molecule has 1 N–H and O–H groups in total. The molecule has 1 saturated heterocycles. The van der Waals surface area contributed by atoms with Crippen molar-refractivity contribution in [2.24, 2.45) is 0 Å². The van der Waals surface area contributed by atoms with Crippen LogP contribution in [0.5, 0.6) is 5.75 Å². The molecule has 0 spiro atoms. The summed E-state index contributed by atoms with van der Waals surface area (Å²) in [5, 5.41) is 6.81. The van der Waals surface area contributed by atoms with Crippen LogP contribution in [0.2, 0.25) is 0 Å². The molecule has 4 rings (SSSR count). The largest absolute Gasteiger partial charge is 0.494 e. The lowest BCUT2D eigenvalue weighted by atomic mass is 9.96. The topological polar surface area (TPSA) is 89.7 Å². The van der Waals surface area contributed by atoms with Crippen LogP contribution < -0.4 is 10.1 Å². The smallest absolute Gasteiger partial charge is 0.321 e. The summed E-state index contributed by atoms with van der Waals surface area (Å²) in [6, 6.07) is 13.9. The Morgan fingerprint density at radius 3 is 2.69 bits per heavy atom. The first-order chi connectivity index (χ1) is 15.6. The minimum absolute atomic E-state index is 0.115. The predicted molar refractivity (Wildman–Crippen MR) is 115 cm³/mol. The normalized spacial score (nSPS) is 14.4. The number of nitrogens with one attached hydrogen (secondary N) is 1. The van der Waals surface area contributed by atoms with E-state index in [9.17, 15) is 9.18 Å². The van der Waals surface area contributed by atoms with Crippen LogP contribution in [0.4, 0.5) is 14.9 Å². The van der Waals surface area contributed by atoms with Crippen molar-refractivity contribution >= 4 is 11.7 Å². The molecular formula is C23H25FN4O4. The maximum absolute atomic E-state index is 13.8. The zero-order chi connectivity index (χ0) is 22.3. The van der Waals surface area contributed by atoms with E-state index in [0.717, 1.165) is 5.56 Å². The van der Waals surface area contributed by atoms with Crippen LogP contribution in [-0.2, 0) is 18.0 Å². The van der Waals surface area contributed by atoms with Gasteiger partial charge in [0.25, 0.3) is 5.89 Å². The summed E-state index contributed by atoms with van der Waals surface area (Å²) in [5.41, 5.74) is 1.46. The van der Waals surface area contributed by atoms with E-state index < -0.39 is 5.82 Å². The van der Waals surface area contributed by atoms with Gasteiger partial charge in [-0.1, -0.05) is 35.5 Å². The lowest BCUT2D eigenvalue weighted by Crippen LogP contribution is -2.40. The number of methoxy groups -OCH3 is 1. The number of ether oxygens (including phenoxy) is 2. The number of piperidine rings is 1. The van der Waals surface area contributed by atoms with Crippen LogP contribution in [0.25, 0.3) is 0 Å². The molecule has 1 aliphatic rings. The van der Waals surface area contributed by atoms with E-state index in [-0.39, 0.29) is 24.3 Å². The lowest BCUT2D eigenvalue weighted by molar-refractivity contribution is 0.0850. The van der Waals surface area contributed by atoms with Crippen LogP contribution in [0, 0.1) is 5.82 Å². The summed E-state index contributed by atoms with van der Waals surface area (Å²) in [6.45, 7) is 1.82. The van der Waals surface area contributed by atoms with Crippen LogP contribution in [0.3, 0.4) is 0 Å². The first kappa shape index (κ1) is 21.8. The highest BCUT2D eigenvalue weighted by molar-refractivity contribution is 5.89. The van der Waals surface area contributed by atoms with Gasteiger partial charge in [0.15, 0.2) is 17.4 Å². The molecule has 2 amide bonds. The first-order valence-corrected chi connectivity index (χ1v) is 10.5. The zero-order valence-electron chi connectivity index (χ0n) is 17.8. The van der Waals surface area contributed by atoms with Gasteiger partial charge < -0.3 is 24.2 Å². The Labute approximate surface area is 185 Å². The molecule has 1 aliphatic heterocycles. The van der Waals surface area contributed by atoms with Crippen molar-refractivity contribution in [1.29, 1.82) is 0 Å². The highest BCUT2D eigenvalue weighted by Gasteiger charge is 2.27. The van der Waals surface area contributed by atoms with Crippen molar-refractivity contribution in [2.45, 2.75) is 32.0 Å². The Morgan fingerprint density at radius 1 is 1.19 bits per heavy atom. The number of hydrogen-bond acceptors (Lipinski definition) is 6. The van der Waals surface area contributed by atoms with E-state index in [1.807, 2.05) is 30.3 Å². The Hall–Kier alpha value is -3.46. The summed E-state index contributed by atoms with van der Waals surface area (Å²) < 4.78 is 29.7. The molecule has 1 aromatic heterocycles. The van der Waals surface area contributed by atoms with Gasteiger partial charge in [0, 0.05) is 30.8 Å². The quantitative estimate of drug-likeness (QED) is 0.588. The fourth-order valence-corrected chi connectivity index (χ4v) is 3.61. The van der Waals surface area contributed by atoms with E-state index in [2.05, 4.69) is 15.5 Å². The molecule has 32 heavy (non-hydrogen) atoms. The summed E-state index contributed by atoms with van der Waals surface area (Å²) in [5.74, 6) is 0.806. The Morgan fingerprint density at radius 2 is 1.97 bits per heavy atom. The highest BCUT2D eigenvalue weighted by Crippen LogP contribution is 2.27. The molecule has 0 atom stereocenters. The summed E-state index contributed by atoms with van der Waals surface area (Å²) in [4.78, 5) is 18.7. The molecular weight excluding hydrogens is 415 g/mol. The number of nitrogens with zero attached hydrogens (tertiary/aromatic N) is 3. The molecule has 168 valence electrons.